The molecule has 2 N–H and O–H groups in total. The maximum absolute atomic E-state index is 12.9. The smallest absolute Gasteiger partial charge is 0.318 e. The Morgan fingerprint density at radius 1 is 1.27 bits per heavy atom. The first-order chi connectivity index (χ1) is 12.5. The van der Waals surface area contributed by atoms with E-state index in [9.17, 15) is 9.90 Å². The molecule has 1 unspecified atom stereocenters. The number of pyridine rings is 1. The molecule has 2 aromatic rings. The number of nitrogens with one attached hydrogen (secondary N) is 1. The van der Waals surface area contributed by atoms with E-state index >= 15 is 0 Å². The zero-order valence-corrected chi connectivity index (χ0v) is 16.0. The summed E-state index contributed by atoms with van der Waals surface area (Å²) in [6.45, 7) is 4.99. The number of halogens is 1. The normalized spacial score (nSPS) is 12.0. The lowest BCUT2D eigenvalue weighted by Gasteiger charge is -2.29. The van der Waals surface area contributed by atoms with E-state index in [0.29, 0.717) is 24.5 Å². The lowest BCUT2D eigenvalue weighted by molar-refractivity contribution is 0.179. The zero-order valence-electron chi connectivity index (χ0n) is 15.2. The summed E-state index contributed by atoms with van der Waals surface area (Å²) in [6.07, 6.45) is 4.00. The molecule has 0 saturated heterocycles. The lowest BCUT2D eigenvalue weighted by atomic mass is 9.97. The number of amides is 2. The van der Waals surface area contributed by atoms with Gasteiger partial charge in [0, 0.05) is 37.1 Å². The van der Waals surface area contributed by atoms with E-state index in [1.807, 2.05) is 36.4 Å². The molecule has 0 aliphatic carbocycles. The number of benzene rings is 1. The number of aliphatic hydroxyl groups is 1. The van der Waals surface area contributed by atoms with Gasteiger partial charge in [-0.3, -0.25) is 4.98 Å². The number of carbonyl (C=O) groups is 1. The molecular formula is C20H26ClN3O2. The van der Waals surface area contributed by atoms with Crippen molar-refractivity contribution in [3.05, 3.63) is 64.9 Å². The molecule has 1 heterocycles. The highest BCUT2D eigenvalue weighted by molar-refractivity contribution is 6.31. The van der Waals surface area contributed by atoms with Gasteiger partial charge in [0.2, 0.25) is 0 Å². The molecule has 2 rings (SSSR count). The minimum Gasteiger partial charge on any atom is -0.396 e. The van der Waals surface area contributed by atoms with Crippen LogP contribution >= 0.6 is 11.6 Å². The average molecular weight is 376 g/mol. The van der Waals surface area contributed by atoms with Crippen LogP contribution in [-0.2, 0) is 6.54 Å². The Bertz CT molecular complexity index is 694. The quantitative estimate of drug-likeness (QED) is 0.732. The van der Waals surface area contributed by atoms with E-state index in [2.05, 4.69) is 24.1 Å². The topological polar surface area (TPSA) is 65.5 Å². The van der Waals surface area contributed by atoms with E-state index < -0.39 is 0 Å². The highest BCUT2D eigenvalue weighted by atomic mass is 35.5. The summed E-state index contributed by atoms with van der Waals surface area (Å²) in [4.78, 5) is 18.8. The molecule has 0 saturated carbocycles. The van der Waals surface area contributed by atoms with Crippen LogP contribution in [0, 0.1) is 5.92 Å². The van der Waals surface area contributed by atoms with Crippen molar-refractivity contribution < 1.29 is 9.90 Å². The third kappa shape index (κ3) is 5.71. The van der Waals surface area contributed by atoms with Crippen molar-refractivity contribution in [2.24, 2.45) is 5.92 Å². The Labute approximate surface area is 160 Å². The van der Waals surface area contributed by atoms with Gasteiger partial charge in [0.05, 0.1) is 6.04 Å². The first-order valence-electron chi connectivity index (χ1n) is 8.82. The second kappa shape index (κ2) is 10.1. The van der Waals surface area contributed by atoms with Crippen LogP contribution in [0.3, 0.4) is 0 Å². The second-order valence-corrected chi connectivity index (χ2v) is 6.95. The second-order valence-electron chi connectivity index (χ2n) is 6.55. The molecule has 1 atom stereocenters. The molecule has 6 heteroatoms. The third-order valence-corrected chi connectivity index (χ3v) is 4.55. The molecule has 0 radical (unpaired) electrons. The first-order valence-corrected chi connectivity index (χ1v) is 9.20. The van der Waals surface area contributed by atoms with Gasteiger partial charge in [0.1, 0.15) is 0 Å². The van der Waals surface area contributed by atoms with Crippen molar-refractivity contribution in [1.82, 2.24) is 15.2 Å². The molecule has 26 heavy (non-hydrogen) atoms. The molecule has 0 aliphatic heterocycles. The number of aromatic nitrogens is 1. The summed E-state index contributed by atoms with van der Waals surface area (Å²) in [5, 5.41) is 12.9. The number of urea groups is 1. The van der Waals surface area contributed by atoms with E-state index in [-0.39, 0.29) is 24.6 Å². The monoisotopic (exact) mass is 375 g/mol. The minimum atomic E-state index is -0.180. The predicted molar refractivity (Wildman–Crippen MR) is 104 cm³/mol. The Kier molecular flexibility index (Phi) is 7.88. The van der Waals surface area contributed by atoms with Gasteiger partial charge in [-0.2, -0.15) is 0 Å². The van der Waals surface area contributed by atoms with Gasteiger partial charge in [-0.15, -0.1) is 0 Å². The van der Waals surface area contributed by atoms with Gasteiger partial charge in [0.15, 0.2) is 0 Å². The molecule has 5 nitrogen and oxygen atoms in total. The SMILES string of the molecule is CC(C)C(NC(=O)N(CCCO)Cc1ccccc1Cl)c1cccnc1. The van der Waals surface area contributed by atoms with Crippen LogP contribution in [0.25, 0.3) is 0 Å². The van der Waals surface area contributed by atoms with Crippen molar-refractivity contribution >= 4 is 17.6 Å². The van der Waals surface area contributed by atoms with Gasteiger partial charge in [-0.05, 0) is 35.6 Å². The van der Waals surface area contributed by atoms with Crippen LogP contribution in [-0.4, -0.2) is 34.2 Å². The van der Waals surface area contributed by atoms with Crippen molar-refractivity contribution in [3.63, 3.8) is 0 Å². The standard InChI is InChI=1S/C20H26ClN3O2/c1-15(2)19(16-8-5-10-22-13-16)23-20(26)24(11-6-12-25)14-17-7-3-4-9-18(17)21/h3-5,7-10,13,15,19,25H,6,11-12,14H2,1-2H3,(H,23,26). The fourth-order valence-electron chi connectivity index (χ4n) is 2.77. The molecule has 1 aromatic carbocycles. The van der Waals surface area contributed by atoms with E-state index in [1.54, 1.807) is 17.3 Å². The molecule has 0 aliphatic rings. The fourth-order valence-corrected chi connectivity index (χ4v) is 2.96. The maximum atomic E-state index is 12.9. The molecular weight excluding hydrogens is 350 g/mol. The molecule has 0 fully saturated rings. The van der Waals surface area contributed by atoms with Crippen LogP contribution in [0.2, 0.25) is 5.02 Å². The van der Waals surface area contributed by atoms with Crippen LogP contribution in [0.5, 0.6) is 0 Å². The summed E-state index contributed by atoms with van der Waals surface area (Å²) >= 11 is 6.24. The van der Waals surface area contributed by atoms with E-state index in [0.717, 1.165) is 11.1 Å². The Morgan fingerprint density at radius 2 is 2.04 bits per heavy atom. The molecule has 2 amide bonds. The molecule has 140 valence electrons. The van der Waals surface area contributed by atoms with Crippen LogP contribution in [0.4, 0.5) is 4.79 Å². The number of hydrogen-bond donors (Lipinski definition) is 2. The van der Waals surface area contributed by atoms with Crippen molar-refractivity contribution in [2.45, 2.75) is 32.9 Å². The summed E-state index contributed by atoms with van der Waals surface area (Å²) in [5.41, 5.74) is 1.85. The number of carbonyl (C=O) groups excluding carboxylic acids is 1. The summed E-state index contributed by atoms with van der Waals surface area (Å²) < 4.78 is 0. The minimum absolute atomic E-state index is 0.0303. The highest BCUT2D eigenvalue weighted by Gasteiger charge is 2.22. The van der Waals surface area contributed by atoms with Gasteiger partial charge in [-0.1, -0.05) is 49.7 Å². The number of hydrogen-bond acceptors (Lipinski definition) is 3. The Hall–Kier alpha value is -2.11. The van der Waals surface area contributed by atoms with E-state index in [1.165, 1.54) is 0 Å². The number of rotatable bonds is 8. The van der Waals surface area contributed by atoms with Gasteiger partial charge < -0.3 is 15.3 Å². The molecule has 0 spiro atoms. The van der Waals surface area contributed by atoms with Crippen LogP contribution in [0.1, 0.15) is 37.4 Å². The Morgan fingerprint density at radius 3 is 2.65 bits per heavy atom. The lowest BCUT2D eigenvalue weighted by Crippen LogP contribution is -2.43. The van der Waals surface area contributed by atoms with Crippen LogP contribution < -0.4 is 5.32 Å². The largest absolute Gasteiger partial charge is 0.396 e. The van der Waals surface area contributed by atoms with Gasteiger partial charge >= 0.3 is 6.03 Å². The highest BCUT2D eigenvalue weighted by Crippen LogP contribution is 2.22. The summed E-state index contributed by atoms with van der Waals surface area (Å²) in [5.74, 6) is 0.211. The predicted octanol–water partition coefficient (Wildman–Crippen LogP) is 4.03. The summed E-state index contributed by atoms with van der Waals surface area (Å²) in [6, 6.07) is 11.0. The molecule has 1 aromatic heterocycles. The van der Waals surface area contributed by atoms with Gasteiger partial charge in [-0.25, -0.2) is 4.79 Å². The van der Waals surface area contributed by atoms with Crippen molar-refractivity contribution in [3.8, 4) is 0 Å². The molecule has 0 bridgehead atoms. The van der Waals surface area contributed by atoms with Crippen molar-refractivity contribution in [1.29, 1.82) is 0 Å². The van der Waals surface area contributed by atoms with Gasteiger partial charge in [0.25, 0.3) is 0 Å². The number of nitrogens with zero attached hydrogens (tertiary/aromatic N) is 2. The third-order valence-electron chi connectivity index (χ3n) is 4.18. The average Bonchev–Trinajstić information content (AvgIpc) is 2.64. The number of aliphatic hydroxyl groups excluding tert-OH is 1. The fraction of sp³-hybridized carbons (Fsp3) is 0.400. The summed E-state index contributed by atoms with van der Waals surface area (Å²) in [7, 11) is 0. The maximum Gasteiger partial charge on any atom is 0.318 e. The Balaban J connectivity index is 2.15. The zero-order chi connectivity index (χ0) is 18.9. The van der Waals surface area contributed by atoms with E-state index in [4.69, 9.17) is 11.6 Å². The van der Waals surface area contributed by atoms with Crippen molar-refractivity contribution in [2.75, 3.05) is 13.2 Å². The first kappa shape index (κ1) is 20.2. The van der Waals surface area contributed by atoms with Crippen LogP contribution in [0.15, 0.2) is 48.8 Å².